The quantitative estimate of drug-likeness (QED) is 0.435. The predicted molar refractivity (Wildman–Crippen MR) is 93.5 cm³/mol. The van der Waals surface area contributed by atoms with Crippen LogP contribution in [0.15, 0.2) is 36.5 Å². The molecule has 0 amide bonds. The van der Waals surface area contributed by atoms with Crippen molar-refractivity contribution in [2.45, 2.75) is 31.6 Å². The third-order valence-corrected chi connectivity index (χ3v) is 4.44. The summed E-state index contributed by atoms with van der Waals surface area (Å²) >= 11 is 0. The summed E-state index contributed by atoms with van der Waals surface area (Å²) in [6.07, 6.45) is -7.05. The fourth-order valence-electron chi connectivity index (χ4n) is 3.21. The average Bonchev–Trinajstić information content (AvgIpc) is 2.99. The van der Waals surface area contributed by atoms with E-state index in [2.05, 4.69) is 9.97 Å². The first-order valence-electron chi connectivity index (χ1n) is 8.57. The van der Waals surface area contributed by atoms with E-state index in [0.29, 0.717) is 36.7 Å². The number of aromatic amines is 1. The van der Waals surface area contributed by atoms with Crippen molar-refractivity contribution in [3.8, 4) is 11.4 Å². The molecule has 2 aromatic heterocycles. The molecule has 0 aliphatic carbocycles. The molecule has 0 spiro atoms. The number of nitrogens with zero attached hydrogens (tertiary/aromatic N) is 1. The smallest absolute Gasteiger partial charge is 0.353 e. The molecule has 0 radical (unpaired) electrons. The van der Waals surface area contributed by atoms with Crippen molar-refractivity contribution in [1.82, 2.24) is 9.97 Å². The fraction of sp³-hybridized carbons (Fsp3) is 0.316. The molecule has 150 valence electrons. The second-order valence-corrected chi connectivity index (χ2v) is 6.38. The first kappa shape index (κ1) is 20.2. The maximum Gasteiger partial charge on any atom is 0.417 e. The van der Waals surface area contributed by atoms with Gasteiger partial charge in [-0.3, -0.25) is 4.98 Å². The number of rotatable bonds is 5. The van der Waals surface area contributed by atoms with Gasteiger partial charge in [0.15, 0.2) is 0 Å². The van der Waals surface area contributed by atoms with E-state index >= 15 is 0 Å². The summed E-state index contributed by atoms with van der Waals surface area (Å²) in [5.74, 6) is 0. The van der Waals surface area contributed by atoms with E-state index in [-0.39, 0.29) is 29.1 Å². The lowest BCUT2D eigenvalue weighted by atomic mass is 9.97. The maximum absolute atomic E-state index is 13.6. The molecule has 3 aromatic rings. The number of nitrogens with one attached hydrogen (secondary N) is 1. The van der Waals surface area contributed by atoms with Gasteiger partial charge in [0.2, 0.25) is 0 Å². The van der Waals surface area contributed by atoms with E-state index in [1.165, 1.54) is 6.20 Å². The van der Waals surface area contributed by atoms with Crippen molar-refractivity contribution in [3.05, 3.63) is 53.2 Å². The van der Waals surface area contributed by atoms with Gasteiger partial charge < -0.3 is 10.7 Å². The van der Waals surface area contributed by atoms with Gasteiger partial charge in [0.05, 0.1) is 22.5 Å². The average molecular weight is 401 g/mol. The van der Waals surface area contributed by atoms with E-state index in [4.69, 9.17) is 5.73 Å². The number of H-pyrrole nitrogens is 1. The number of alkyl halides is 6. The minimum Gasteiger partial charge on any atom is -0.353 e. The van der Waals surface area contributed by atoms with Gasteiger partial charge >= 0.3 is 12.4 Å². The Labute approximate surface area is 156 Å². The second-order valence-electron chi connectivity index (χ2n) is 6.38. The Bertz CT molecular complexity index is 958. The minimum absolute atomic E-state index is 0.171. The number of benzene rings is 1. The normalized spacial score (nSPS) is 12.7. The van der Waals surface area contributed by atoms with Gasteiger partial charge in [-0.05, 0) is 55.6 Å². The number of unbranched alkanes of at least 4 members (excludes halogenated alkanes) is 1. The Morgan fingerprint density at radius 3 is 2.29 bits per heavy atom. The van der Waals surface area contributed by atoms with E-state index in [1.807, 2.05) is 0 Å². The van der Waals surface area contributed by atoms with Crippen LogP contribution in [0.2, 0.25) is 0 Å². The molecule has 1 aromatic carbocycles. The molecule has 0 aliphatic heterocycles. The number of nitrogens with two attached hydrogens (primary N) is 1. The standard InChI is InChI=1S/C19H17F6N3/c20-18(21,22)11-9-13(19(23,24)25)16-12(5-1-3-7-26)17(28-15(16)10-11)14-6-2-4-8-27-14/h2,4,6,8-10,28H,1,3,5,7,26H2. The van der Waals surface area contributed by atoms with Crippen molar-refractivity contribution in [1.29, 1.82) is 0 Å². The molecule has 0 saturated heterocycles. The van der Waals surface area contributed by atoms with Crippen molar-refractivity contribution in [2.75, 3.05) is 6.54 Å². The molecule has 0 aliphatic rings. The molecular weight excluding hydrogens is 384 g/mol. The van der Waals surface area contributed by atoms with Crippen molar-refractivity contribution in [3.63, 3.8) is 0 Å². The van der Waals surface area contributed by atoms with Gasteiger partial charge in [-0.15, -0.1) is 0 Å². The summed E-state index contributed by atoms with van der Waals surface area (Å²) in [7, 11) is 0. The molecule has 3 N–H and O–H groups in total. The fourth-order valence-corrected chi connectivity index (χ4v) is 3.21. The minimum atomic E-state index is -4.94. The number of aryl methyl sites for hydroxylation is 1. The first-order valence-corrected chi connectivity index (χ1v) is 8.57. The molecule has 0 fully saturated rings. The highest BCUT2D eigenvalue weighted by Gasteiger charge is 2.39. The van der Waals surface area contributed by atoms with Crippen LogP contribution in [0.5, 0.6) is 0 Å². The van der Waals surface area contributed by atoms with Gasteiger partial charge in [0.25, 0.3) is 0 Å². The Kier molecular flexibility index (Phi) is 5.38. The Balaban J connectivity index is 2.33. The second kappa shape index (κ2) is 7.46. The van der Waals surface area contributed by atoms with Crippen molar-refractivity contribution < 1.29 is 26.3 Å². The highest BCUT2D eigenvalue weighted by atomic mass is 19.4. The first-order chi connectivity index (χ1) is 13.1. The van der Waals surface area contributed by atoms with Crippen LogP contribution in [-0.4, -0.2) is 16.5 Å². The SMILES string of the molecule is NCCCCc1c(-c2ccccn2)[nH]c2cc(C(F)(F)F)cc(C(F)(F)F)c12. The van der Waals surface area contributed by atoms with E-state index in [1.54, 1.807) is 18.2 Å². The molecular formula is C19H17F6N3. The maximum atomic E-state index is 13.6. The van der Waals surface area contributed by atoms with Gasteiger partial charge in [-0.2, -0.15) is 26.3 Å². The number of fused-ring (bicyclic) bond motifs is 1. The van der Waals surface area contributed by atoms with Crippen LogP contribution in [0.4, 0.5) is 26.3 Å². The van der Waals surface area contributed by atoms with Crippen LogP contribution in [0.25, 0.3) is 22.3 Å². The molecule has 3 nitrogen and oxygen atoms in total. The van der Waals surface area contributed by atoms with Crippen LogP contribution in [0.1, 0.15) is 29.5 Å². The largest absolute Gasteiger partial charge is 0.417 e. The lowest BCUT2D eigenvalue weighted by molar-refractivity contribution is -0.142. The van der Waals surface area contributed by atoms with E-state index in [9.17, 15) is 26.3 Å². The molecule has 28 heavy (non-hydrogen) atoms. The Morgan fingerprint density at radius 1 is 0.964 bits per heavy atom. The molecule has 9 heteroatoms. The Morgan fingerprint density at radius 2 is 1.71 bits per heavy atom. The van der Waals surface area contributed by atoms with Crippen LogP contribution >= 0.6 is 0 Å². The van der Waals surface area contributed by atoms with Crippen LogP contribution in [-0.2, 0) is 18.8 Å². The predicted octanol–water partition coefficient (Wildman–Crippen LogP) is 5.55. The van der Waals surface area contributed by atoms with Gasteiger partial charge in [-0.1, -0.05) is 6.07 Å². The highest BCUT2D eigenvalue weighted by molar-refractivity contribution is 5.93. The van der Waals surface area contributed by atoms with Gasteiger partial charge in [0, 0.05) is 17.1 Å². The molecule has 3 rings (SSSR count). The summed E-state index contributed by atoms with van der Waals surface area (Å²) in [5.41, 5.74) is 3.54. The molecule has 2 heterocycles. The number of halogens is 6. The lowest BCUT2D eigenvalue weighted by Crippen LogP contribution is -2.11. The number of pyridine rings is 1. The zero-order chi connectivity index (χ0) is 20.5. The van der Waals surface area contributed by atoms with Gasteiger partial charge in [-0.25, -0.2) is 0 Å². The summed E-state index contributed by atoms with van der Waals surface area (Å²) < 4.78 is 80.4. The molecule has 0 bridgehead atoms. The van der Waals surface area contributed by atoms with Crippen LogP contribution < -0.4 is 5.73 Å². The van der Waals surface area contributed by atoms with Crippen molar-refractivity contribution in [2.24, 2.45) is 5.73 Å². The highest BCUT2D eigenvalue weighted by Crippen LogP contribution is 2.43. The molecule has 0 atom stereocenters. The number of hydrogen-bond donors (Lipinski definition) is 2. The number of aromatic nitrogens is 2. The van der Waals surface area contributed by atoms with Crippen LogP contribution in [0, 0.1) is 0 Å². The lowest BCUT2D eigenvalue weighted by Gasteiger charge is -2.14. The molecule has 0 saturated carbocycles. The van der Waals surface area contributed by atoms with Crippen molar-refractivity contribution >= 4 is 10.9 Å². The van der Waals surface area contributed by atoms with E-state index in [0.717, 1.165) is 0 Å². The van der Waals surface area contributed by atoms with Gasteiger partial charge in [0.1, 0.15) is 0 Å². The van der Waals surface area contributed by atoms with Crippen LogP contribution in [0.3, 0.4) is 0 Å². The summed E-state index contributed by atoms with van der Waals surface area (Å²) in [6.45, 7) is 0.367. The third kappa shape index (κ3) is 3.99. The topological polar surface area (TPSA) is 54.7 Å². The monoisotopic (exact) mass is 401 g/mol. The Hall–Kier alpha value is -2.55. The summed E-state index contributed by atoms with van der Waals surface area (Å²) in [4.78, 5) is 6.88. The zero-order valence-corrected chi connectivity index (χ0v) is 14.6. The third-order valence-electron chi connectivity index (χ3n) is 4.44. The summed E-state index contributed by atoms with van der Waals surface area (Å²) in [5, 5.41) is -0.252. The zero-order valence-electron chi connectivity index (χ0n) is 14.6. The molecule has 0 unspecified atom stereocenters. The van der Waals surface area contributed by atoms with E-state index < -0.39 is 23.5 Å². The summed E-state index contributed by atoms with van der Waals surface area (Å²) in [6, 6.07) is 5.77. The number of hydrogen-bond acceptors (Lipinski definition) is 2.